The fourth-order valence-corrected chi connectivity index (χ4v) is 0.380. The minimum absolute atomic E-state index is 0. The Balaban J connectivity index is 0.000000360. The smallest absolute Gasteiger partial charge is 0.0712 e. The van der Waals surface area contributed by atoms with Gasteiger partial charge >= 0.3 is 0 Å². The third-order valence-corrected chi connectivity index (χ3v) is 0.964. The molecule has 0 amide bonds. The van der Waals surface area contributed by atoms with E-state index in [1.165, 1.54) is 0 Å². The van der Waals surface area contributed by atoms with E-state index in [1.807, 2.05) is 0 Å². The molecule has 3 nitrogen and oxygen atoms in total. The Morgan fingerprint density at radius 1 is 1.57 bits per heavy atom. The van der Waals surface area contributed by atoms with Crippen molar-refractivity contribution in [1.82, 2.24) is 11.5 Å². The summed E-state index contributed by atoms with van der Waals surface area (Å²) >= 11 is 0. The van der Waals surface area contributed by atoms with E-state index >= 15 is 0 Å². The molecule has 3 heteroatoms. The molecule has 0 radical (unpaired) electrons. The molecule has 0 bridgehead atoms. The van der Waals surface area contributed by atoms with Gasteiger partial charge in [0.25, 0.3) is 0 Å². The van der Waals surface area contributed by atoms with Crippen molar-refractivity contribution in [2.45, 2.75) is 0 Å². The van der Waals surface area contributed by atoms with Crippen LogP contribution in [0.15, 0.2) is 0 Å². The van der Waals surface area contributed by atoms with Crippen LogP contribution in [0.4, 0.5) is 0 Å². The Morgan fingerprint density at radius 2 is 2.14 bits per heavy atom. The topological polar surface area (TPSA) is 70.8 Å². The summed E-state index contributed by atoms with van der Waals surface area (Å²) in [6.07, 6.45) is 0. The zero-order valence-electron chi connectivity index (χ0n) is 4.15. The largest absolute Gasteiger partial charge is 0.344 e. The van der Waals surface area contributed by atoms with Crippen molar-refractivity contribution in [3.8, 4) is 6.07 Å². The van der Waals surface area contributed by atoms with Crippen molar-refractivity contribution >= 4 is 0 Å². The summed E-state index contributed by atoms with van der Waals surface area (Å²) in [6.45, 7) is 1.80. The normalized spacial score (nSPS) is 18.7. The van der Waals surface area contributed by atoms with Gasteiger partial charge in [-0.15, -0.1) is 0 Å². The molecule has 0 spiro atoms. The maximum Gasteiger partial charge on any atom is 0.0712 e. The van der Waals surface area contributed by atoms with E-state index in [2.05, 4.69) is 11.4 Å². The van der Waals surface area contributed by atoms with Crippen molar-refractivity contribution in [3.63, 3.8) is 0 Å². The highest BCUT2D eigenvalue weighted by molar-refractivity contribution is 4.92. The van der Waals surface area contributed by atoms with Crippen LogP contribution < -0.4 is 11.5 Å². The molecule has 1 saturated heterocycles. The summed E-state index contributed by atoms with van der Waals surface area (Å²) in [5.74, 6) is 0.310. The van der Waals surface area contributed by atoms with Crippen LogP contribution in [0, 0.1) is 17.2 Å². The van der Waals surface area contributed by atoms with Crippen molar-refractivity contribution in [3.05, 3.63) is 0 Å². The van der Waals surface area contributed by atoms with Gasteiger partial charge in [0.05, 0.1) is 12.0 Å². The number of nitrogens with zero attached hydrogens (tertiary/aromatic N) is 1. The molecular formula is C4H9N3. The van der Waals surface area contributed by atoms with Gasteiger partial charge in [-0.05, 0) is 0 Å². The first-order chi connectivity index (χ1) is 2.93. The predicted molar refractivity (Wildman–Crippen MR) is 27.0 cm³/mol. The third-order valence-electron chi connectivity index (χ3n) is 0.964. The van der Waals surface area contributed by atoms with E-state index in [0.29, 0.717) is 5.92 Å². The highest BCUT2D eigenvalue weighted by atomic mass is 14.9. The van der Waals surface area contributed by atoms with Gasteiger partial charge in [0, 0.05) is 13.1 Å². The fourth-order valence-electron chi connectivity index (χ4n) is 0.380. The molecule has 7 heavy (non-hydrogen) atoms. The first kappa shape index (κ1) is 6.41. The minimum atomic E-state index is 0. The van der Waals surface area contributed by atoms with Crippen molar-refractivity contribution in [2.24, 2.45) is 5.92 Å². The lowest BCUT2D eigenvalue weighted by molar-refractivity contribution is 0.428. The summed E-state index contributed by atoms with van der Waals surface area (Å²) in [7, 11) is 0. The molecule has 1 aliphatic heterocycles. The lowest BCUT2D eigenvalue weighted by atomic mass is 10.1. The second-order valence-electron chi connectivity index (χ2n) is 1.48. The summed E-state index contributed by atoms with van der Waals surface area (Å²) in [4.78, 5) is 0. The Labute approximate surface area is 42.9 Å². The highest BCUT2D eigenvalue weighted by Gasteiger charge is 2.13. The average molecular weight is 99.1 g/mol. The van der Waals surface area contributed by atoms with Crippen molar-refractivity contribution in [2.75, 3.05) is 13.1 Å². The lowest BCUT2D eigenvalue weighted by Gasteiger charge is -2.18. The molecule has 0 aromatic heterocycles. The third kappa shape index (κ3) is 1.15. The molecule has 4 N–H and O–H groups in total. The first-order valence-corrected chi connectivity index (χ1v) is 2.04. The van der Waals surface area contributed by atoms with Crippen molar-refractivity contribution in [1.29, 1.82) is 5.26 Å². The van der Waals surface area contributed by atoms with Crippen LogP contribution in [0.2, 0.25) is 0 Å². The molecule has 0 aromatic carbocycles. The number of hydrogen-bond acceptors (Lipinski definition) is 3. The van der Waals surface area contributed by atoms with Gasteiger partial charge in [0.2, 0.25) is 0 Å². The molecule has 0 aromatic rings. The molecule has 1 rings (SSSR count). The Bertz CT molecular complexity index is 79.4. The van der Waals surface area contributed by atoms with Gasteiger partial charge < -0.3 is 11.5 Å². The molecule has 1 aliphatic rings. The first-order valence-electron chi connectivity index (χ1n) is 2.04. The monoisotopic (exact) mass is 99.1 g/mol. The Kier molecular flexibility index (Phi) is 2.34. The summed E-state index contributed by atoms with van der Waals surface area (Å²) in [5.41, 5.74) is 0. The SMILES string of the molecule is N.N#CC1CNC1. The fraction of sp³-hybridized carbons (Fsp3) is 0.750. The van der Waals surface area contributed by atoms with Crippen LogP contribution in [0.1, 0.15) is 0 Å². The van der Waals surface area contributed by atoms with E-state index in [1.54, 1.807) is 0 Å². The van der Waals surface area contributed by atoms with Crippen LogP contribution in [-0.2, 0) is 0 Å². The lowest BCUT2D eigenvalue weighted by Crippen LogP contribution is -2.40. The van der Waals surface area contributed by atoms with Gasteiger partial charge in [-0.3, -0.25) is 0 Å². The summed E-state index contributed by atoms with van der Waals surface area (Å²) in [6, 6.07) is 2.14. The van der Waals surface area contributed by atoms with Gasteiger partial charge in [-0.1, -0.05) is 0 Å². The molecule has 0 saturated carbocycles. The summed E-state index contributed by atoms with van der Waals surface area (Å²) < 4.78 is 0. The van der Waals surface area contributed by atoms with Crippen molar-refractivity contribution < 1.29 is 0 Å². The van der Waals surface area contributed by atoms with Crippen LogP contribution in [0.25, 0.3) is 0 Å². The van der Waals surface area contributed by atoms with Gasteiger partial charge in [0.1, 0.15) is 0 Å². The molecular weight excluding hydrogens is 90.1 g/mol. The van der Waals surface area contributed by atoms with Crippen LogP contribution in [0.3, 0.4) is 0 Å². The second kappa shape index (κ2) is 2.56. The van der Waals surface area contributed by atoms with E-state index in [9.17, 15) is 0 Å². The van der Waals surface area contributed by atoms with Crippen LogP contribution in [0.5, 0.6) is 0 Å². The average Bonchev–Trinajstić information content (AvgIpc) is 1.31. The Hall–Kier alpha value is -0.590. The van der Waals surface area contributed by atoms with Gasteiger partial charge in [-0.25, -0.2) is 0 Å². The van der Waals surface area contributed by atoms with Crippen LogP contribution in [-0.4, -0.2) is 13.1 Å². The van der Waals surface area contributed by atoms with E-state index < -0.39 is 0 Å². The molecule has 0 atom stereocenters. The zero-order chi connectivity index (χ0) is 4.41. The molecule has 1 fully saturated rings. The summed E-state index contributed by atoms with van der Waals surface area (Å²) in [5, 5.41) is 11.1. The van der Waals surface area contributed by atoms with Crippen LogP contribution >= 0.6 is 0 Å². The zero-order valence-corrected chi connectivity index (χ0v) is 4.15. The maximum atomic E-state index is 8.10. The van der Waals surface area contributed by atoms with E-state index in [-0.39, 0.29) is 6.15 Å². The quantitative estimate of drug-likeness (QED) is 0.445. The number of nitriles is 1. The highest BCUT2D eigenvalue weighted by Crippen LogP contribution is 1.97. The number of hydrogen-bond donors (Lipinski definition) is 2. The minimum Gasteiger partial charge on any atom is -0.344 e. The second-order valence-corrected chi connectivity index (χ2v) is 1.48. The number of rotatable bonds is 0. The molecule has 40 valence electrons. The molecule has 1 heterocycles. The Morgan fingerprint density at radius 3 is 2.14 bits per heavy atom. The van der Waals surface area contributed by atoms with Gasteiger partial charge in [-0.2, -0.15) is 5.26 Å². The number of nitrogens with one attached hydrogen (secondary N) is 1. The predicted octanol–water partition coefficient (Wildman–Crippen LogP) is -0.109. The van der Waals surface area contributed by atoms with E-state index in [4.69, 9.17) is 5.26 Å². The maximum absolute atomic E-state index is 8.10. The molecule has 0 unspecified atom stereocenters. The van der Waals surface area contributed by atoms with Gasteiger partial charge in [0.15, 0.2) is 0 Å². The van der Waals surface area contributed by atoms with E-state index in [0.717, 1.165) is 13.1 Å². The standard InChI is InChI=1S/C4H6N2.H3N/c5-1-4-2-6-3-4;/h4,6H,2-3H2;1H3. The molecule has 0 aliphatic carbocycles.